The van der Waals surface area contributed by atoms with Crippen LogP contribution in [-0.4, -0.2) is 17.6 Å². The maximum absolute atomic E-state index is 12.8. The number of nitriles is 1. The van der Waals surface area contributed by atoms with Crippen LogP contribution in [0, 0.1) is 11.3 Å². The minimum absolute atomic E-state index is 0.0360. The van der Waals surface area contributed by atoms with Crippen LogP contribution in [0.5, 0.6) is 5.75 Å². The van der Waals surface area contributed by atoms with Crippen LogP contribution in [0.1, 0.15) is 11.1 Å². The first-order chi connectivity index (χ1) is 17.2. The summed E-state index contributed by atoms with van der Waals surface area (Å²) < 4.78 is 7.32. The lowest BCUT2D eigenvalue weighted by atomic mass is 10.0. The molecule has 1 heterocycles. The van der Waals surface area contributed by atoms with Crippen LogP contribution in [0.15, 0.2) is 103 Å². The van der Waals surface area contributed by atoms with Gasteiger partial charge < -0.3 is 14.6 Å². The number of rotatable bonds is 6. The Morgan fingerprint density at radius 1 is 0.943 bits per heavy atom. The highest BCUT2D eigenvalue weighted by molar-refractivity contribution is 6.10. The van der Waals surface area contributed by atoms with Crippen LogP contribution in [0.3, 0.4) is 0 Å². The molecular formula is C30H23N3O2. The number of ether oxygens (including phenoxy) is 1. The molecule has 0 spiro atoms. The molecule has 0 unspecified atom stereocenters. The van der Waals surface area contributed by atoms with E-state index in [0.29, 0.717) is 18.0 Å². The van der Waals surface area contributed by atoms with E-state index in [4.69, 9.17) is 4.74 Å². The molecule has 0 bridgehead atoms. The van der Waals surface area contributed by atoms with Gasteiger partial charge in [-0.1, -0.05) is 60.7 Å². The number of hydrogen-bond acceptors (Lipinski definition) is 3. The van der Waals surface area contributed by atoms with Crippen molar-refractivity contribution in [2.24, 2.45) is 0 Å². The number of carbonyl (C=O) groups is 1. The normalized spacial score (nSPS) is 11.4. The van der Waals surface area contributed by atoms with Crippen LogP contribution in [0.4, 0.5) is 5.69 Å². The Labute approximate surface area is 203 Å². The highest BCUT2D eigenvalue weighted by Crippen LogP contribution is 2.27. The summed E-state index contributed by atoms with van der Waals surface area (Å²) >= 11 is 0. The lowest BCUT2D eigenvalue weighted by Crippen LogP contribution is -2.13. The lowest BCUT2D eigenvalue weighted by molar-refractivity contribution is -0.112. The average Bonchev–Trinajstić information content (AvgIpc) is 3.25. The average molecular weight is 458 g/mol. The van der Waals surface area contributed by atoms with E-state index in [1.165, 1.54) is 16.3 Å². The Bertz CT molecular complexity index is 1600. The van der Waals surface area contributed by atoms with Crippen molar-refractivity contribution in [3.63, 3.8) is 0 Å². The highest BCUT2D eigenvalue weighted by atomic mass is 16.5. The molecule has 0 fully saturated rings. The molecule has 1 N–H and O–H groups in total. The molecule has 0 saturated heterocycles. The van der Waals surface area contributed by atoms with Crippen LogP contribution in [0.2, 0.25) is 0 Å². The first-order valence-electron chi connectivity index (χ1n) is 11.3. The molecule has 0 radical (unpaired) electrons. The van der Waals surface area contributed by atoms with E-state index < -0.39 is 5.91 Å². The topological polar surface area (TPSA) is 67.0 Å². The largest absolute Gasteiger partial charge is 0.497 e. The molecular weight excluding hydrogens is 434 g/mol. The molecule has 5 nitrogen and oxygen atoms in total. The molecule has 1 aromatic heterocycles. The van der Waals surface area contributed by atoms with Crippen molar-refractivity contribution in [2.75, 3.05) is 12.4 Å². The van der Waals surface area contributed by atoms with Crippen molar-refractivity contribution in [2.45, 2.75) is 6.54 Å². The van der Waals surface area contributed by atoms with Crippen molar-refractivity contribution in [1.82, 2.24) is 4.57 Å². The number of hydrogen-bond donors (Lipinski definition) is 1. The standard InChI is InChI=1S/C30H23N3O2/c1-35-26-15-13-25(14-16-26)32-30(34)23(18-31)17-24-20-33(29-12-5-4-11-28(24)29)19-22-9-6-8-21-7-2-3-10-27(21)22/h2-17,20H,19H2,1H3,(H,32,34)/b23-17-. The second kappa shape index (κ2) is 9.58. The molecule has 1 amide bonds. The third-order valence-electron chi connectivity index (χ3n) is 6.05. The van der Waals surface area contributed by atoms with Crippen LogP contribution < -0.4 is 10.1 Å². The molecule has 0 atom stereocenters. The predicted molar refractivity (Wildman–Crippen MR) is 140 cm³/mol. The summed E-state index contributed by atoms with van der Waals surface area (Å²) in [6.07, 6.45) is 3.66. The lowest BCUT2D eigenvalue weighted by Gasteiger charge is -2.09. The Kier molecular flexibility index (Phi) is 6.02. The zero-order chi connectivity index (χ0) is 24.2. The number of anilines is 1. The van der Waals surface area contributed by atoms with E-state index in [0.717, 1.165) is 16.5 Å². The summed E-state index contributed by atoms with van der Waals surface area (Å²) in [5.41, 5.74) is 3.70. The van der Waals surface area contributed by atoms with Gasteiger partial charge in [-0.25, -0.2) is 0 Å². The number of aromatic nitrogens is 1. The fourth-order valence-electron chi connectivity index (χ4n) is 4.31. The van der Waals surface area contributed by atoms with E-state index >= 15 is 0 Å². The van der Waals surface area contributed by atoms with Gasteiger partial charge in [0.25, 0.3) is 5.91 Å². The van der Waals surface area contributed by atoms with Gasteiger partial charge in [-0.15, -0.1) is 0 Å². The van der Waals surface area contributed by atoms with Gasteiger partial charge in [0.15, 0.2) is 0 Å². The molecule has 4 aromatic carbocycles. The Morgan fingerprint density at radius 2 is 1.66 bits per heavy atom. The van der Waals surface area contributed by atoms with E-state index in [1.807, 2.05) is 36.5 Å². The molecule has 5 rings (SSSR count). The van der Waals surface area contributed by atoms with Gasteiger partial charge in [0.05, 0.1) is 7.11 Å². The molecule has 170 valence electrons. The fraction of sp³-hybridized carbons (Fsp3) is 0.0667. The number of fused-ring (bicyclic) bond motifs is 2. The number of carbonyl (C=O) groups excluding carboxylic acids is 1. The molecule has 5 heteroatoms. The zero-order valence-corrected chi connectivity index (χ0v) is 19.2. The van der Waals surface area contributed by atoms with Gasteiger partial charge in [0, 0.05) is 34.9 Å². The molecule has 0 aliphatic carbocycles. The van der Waals surface area contributed by atoms with Crippen molar-refractivity contribution in [1.29, 1.82) is 5.26 Å². The Balaban J connectivity index is 1.49. The number of nitrogens with zero attached hydrogens (tertiary/aromatic N) is 2. The van der Waals surface area contributed by atoms with Gasteiger partial charge in [0.1, 0.15) is 17.4 Å². The Hall–Kier alpha value is -4.82. The molecule has 0 saturated carbocycles. The summed E-state index contributed by atoms with van der Waals surface area (Å²) in [6.45, 7) is 0.676. The van der Waals surface area contributed by atoms with Gasteiger partial charge in [-0.3, -0.25) is 4.79 Å². The number of para-hydroxylation sites is 1. The molecule has 0 aliphatic heterocycles. The maximum Gasteiger partial charge on any atom is 0.266 e. The second-order valence-corrected chi connectivity index (χ2v) is 8.22. The van der Waals surface area contributed by atoms with Crippen molar-refractivity contribution in [3.8, 4) is 11.8 Å². The molecule has 0 aliphatic rings. The zero-order valence-electron chi connectivity index (χ0n) is 19.2. The number of benzene rings is 4. The quantitative estimate of drug-likeness (QED) is 0.237. The summed E-state index contributed by atoms with van der Waals surface area (Å²) in [6, 6.07) is 31.7. The summed E-state index contributed by atoms with van der Waals surface area (Å²) in [5, 5.41) is 15.9. The van der Waals surface area contributed by atoms with E-state index in [9.17, 15) is 10.1 Å². The first-order valence-corrected chi connectivity index (χ1v) is 11.3. The van der Waals surface area contributed by atoms with E-state index in [2.05, 4.69) is 52.4 Å². The minimum Gasteiger partial charge on any atom is -0.497 e. The molecule has 5 aromatic rings. The van der Waals surface area contributed by atoms with Crippen molar-refractivity contribution in [3.05, 3.63) is 114 Å². The van der Waals surface area contributed by atoms with Gasteiger partial charge in [-0.2, -0.15) is 5.26 Å². The maximum atomic E-state index is 12.8. The van der Waals surface area contributed by atoms with Gasteiger partial charge >= 0.3 is 0 Å². The number of nitrogens with one attached hydrogen (secondary N) is 1. The van der Waals surface area contributed by atoms with E-state index in [1.54, 1.807) is 37.5 Å². The van der Waals surface area contributed by atoms with Gasteiger partial charge in [-0.05, 0) is 52.7 Å². The van der Waals surface area contributed by atoms with Crippen LogP contribution in [-0.2, 0) is 11.3 Å². The summed E-state index contributed by atoms with van der Waals surface area (Å²) in [5.74, 6) is 0.238. The van der Waals surface area contributed by atoms with Crippen LogP contribution in [0.25, 0.3) is 27.8 Å². The Morgan fingerprint density at radius 3 is 2.43 bits per heavy atom. The third-order valence-corrected chi connectivity index (χ3v) is 6.05. The molecule has 35 heavy (non-hydrogen) atoms. The SMILES string of the molecule is COc1ccc(NC(=O)/C(C#N)=C\c2cn(Cc3cccc4ccccc34)c3ccccc23)cc1. The smallest absolute Gasteiger partial charge is 0.266 e. The van der Waals surface area contributed by atoms with E-state index in [-0.39, 0.29) is 5.57 Å². The van der Waals surface area contributed by atoms with Crippen molar-refractivity contribution < 1.29 is 9.53 Å². The minimum atomic E-state index is -0.455. The monoisotopic (exact) mass is 457 g/mol. The predicted octanol–water partition coefficient (Wildman–Crippen LogP) is 6.40. The second-order valence-electron chi connectivity index (χ2n) is 8.22. The third kappa shape index (κ3) is 4.50. The van der Waals surface area contributed by atoms with Crippen molar-refractivity contribution >= 4 is 39.3 Å². The van der Waals surface area contributed by atoms with Crippen LogP contribution >= 0.6 is 0 Å². The number of methoxy groups -OCH3 is 1. The highest BCUT2D eigenvalue weighted by Gasteiger charge is 2.14. The fourth-order valence-corrected chi connectivity index (χ4v) is 4.31. The first kappa shape index (κ1) is 22.0. The number of amides is 1. The van der Waals surface area contributed by atoms with Gasteiger partial charge in [0.2, 0.25) is 0 Å². The summed E-state index contributed by atoms with van der Waals surface area (Å²) in [4.78, 5) is 12.8. The summed E-state index contributed by atoms with van der Waals surface area (Å²) in [7, 11) is 1.58.